The molecule has 3 aliphatic carbocycles. The van der Waals surface area contributed by atoms with E-state index in [1.807, 2.05) is 0 Å². The number of hydrogen-bond acceptors (Lipinski definition) is 1. The second kappa shape index (κ2) is 1.20. The van der Waals surface area contributed by atoms with Crippen molar-refractivity contribution in [3.8, 4) is 0 Å². The van der Waals surface area contributed by atoms with Gasteiger partial charge < -0.3 is 5.11 Å². The first kappa shape index (κ1) is 4.73. The van der Waals surface area contributed by atoms with Crippen LogP contribution in [0, 0.1) is 23.7 Å². The Hall–Kier alpha value is -0.0400. The molecule has 0 aromatic heterocycles. The van der Waals surface area contributed by atoms with Gasteiger partial charge in [-0.2, -0.15) is 0 Å². The summed E-state index contributed by atoms with van der Waals surface area (Å²) in [6, 6.07) is 0. The maximum absolute atomic E-state index is 9.42. The minimum absolute atomic E-state index is 0.0961. The predicted octanol–water partition coefficient (Wildman–Crippen LogP) is 1.02. The lowest BCUT2D eigenvalue weighted by Gasteiger charge is -2.14. The van der Waals surface area contributed by atoms with Crippen molar-refractivity contribution in [3.63, 3.8) is 0 Å². The molecule has 0 aromatic carbocycles. The lowest BCUT2D eigenvalue weighted by Crippen LogP contribution is -2.17. The fraction of sp³-hybridized carbons (Fsp3) is 1.00. The monoisotopic (exact) mass is 124 g/mol. The molecule has 0 saturated heterocycles. The zero-order valence-electron chi connectivity index (χ0n) is 5.46. The smallest absolute Gasteiger partial charge is 0.0574 e. The lowest BCUT2D eigenvalue weighted by atomic mass is 9.98. The van der Waals surface area contributed by atoms with Crippen molar-refractivity contribution < 1.29 is 5.11 Å². The Kier molecular flexibility index (Phi) is 0.628. The molecule has 3 saturated carbocycles. The first-order valence-corrected chi connectivity index (χ1v) is 4.04. The zero-order valence-corrected chi connectivity index (χ0v) is 5.46. The molecule has 3 fully saturated rings. The molecule has 0 radical (unpaired) electrons. The molecule has 5 atom stereocenters. The molecule has 0 unspecified atom stereocenters. The van der Waals surface area contributed by atoms with Crippen molar-refractivity contribution in [1.82, 2.24) is 0 Å². The molecule has 1 nitrogen and oxygen atoms in total. The van der Waals surface area contributed by atoms with Crippen LogP contribution >= 0.6 is 0 Å². The first-order chi connectivity index (χ1) is 4.36. The summed E-state index contributed by atoms with van der Waals surface area (Å²) in [5.41, 5.74) is 0. The average molecular weight is 124 g/mol. The number of aliphatic hydroxyl groups excluding tert-OH is 1. The summed E-state index contributed by atoms with van der Waals surface area (Å²) in [7, 11) is 0. The molecule has 9 heavy (non-hydrogen) atoms. The van der Waals surface area contributed by atoms with Gasteiger partial charge >= 0.3 is 0 Å². The average Bonchev–Trinajstić information content (AvgIpc) is 2.46. The maximum Gasteiger partial charge on any atom is 0.0574 e. The van der Waals surface area contributed by atoms with E-state index in [9.17, 15) is 5.11 Å². The molecule has 2 bridgehead atoms. The Bertz CT molecular complexity index is 151. The SMILES string of the molecule is O[C@@H]1C[C@H]2C[C@@H]1[C@@H]1C[C@H]21. The third kappa shape index (κ3) is 0.420. The van der Waals surface area contributed by atoms with Crippen LogP contribution < -0.4 is 0 Å². The first-order valence-electron chi connectivity index (χ1n) is 4.04. The van der Waals surface area contributed by atoms with Crippen molar-refractivity contribution in [1.29, 1.82) is 0 Å². The van der Waals surface area contributed by atoms with Crippen LogP contribution in [0.3, 0.4) is 0 Å². The van der Waals surface area contributed by atoms with Crippen LogP contribution in [0.25, 0.3) is 0 Å². The van der Waals surface area contributed by atoms with E-state index in [2.05, 4.69) is 0 Å². The van der Waals surface area contributed by atoms with E-state index in [0.717, 1.165) is 30.1 Å². The molecule has 3 aliphatic rings. The second-order valence-corrected chi connectivity index (χ2v) is 4.03. The van der Waals surface area contributed by atoms with Gasteiger partial charge in [-0.3, -0.25) is 0 Å². The van der Waals surface area contributed by atoms with E-state index in [0.29, 0.717) is 0 Å². The highest BCUT2D eigenvalue weighted by atomic mass is 16.3. The van der Waals surface area contributed by atoms with E-state index in [4.69, 9.17) is 0 Å². The molecule has 0 spiro atoms. The van der Waals surface area contributed by atoms with Crippen molar-refractivity contribution in [3.05, 3.63) is 0 Å². The molecule has 1 heteroatoms. The highest BCUT2D eigenvalue weighted by Crippen LogP contribution is 2.65. The van der Waals surface area contributed by atoms with Crippen LogP contribution in [0.4, 0.5) is 0 Å². The van der Waals surface area contributed by atoms with Gasteiger partial charge in [0.05, 0.1) is 6.10 Å². The summed E-state index contributed by atoms with van der Waals surface area (Å²) in [6.07, 6.45) is 4.04. The summed E-state index contributed by atoms with van der Waals surface area (Å²) in [4.78, 5) is 0. The Balaban J connectivity index is 1.96. The molecular formula is C8H12O. The summed E-state index contributed by atoms with van der Waals surface area (Å²) in [5.74, 6) is 3.71. The Morgan fingerprint density at radius 3 is 2.33 bits per heavy atom. The molecule has 0 amide bonds. The molecule has 3 rings (SSSR count). The van der Waals surface area contributed by atoms with E-state index in [-0.39, 0.29) is 6.10 Å². The number of fused-ring (bicyclic) bond motifs is 5. The summed E-state index contributed by atoms with van der Waals surface area (Å²) >= 11 is 0. The third-order valence-corrected chi connectivity index (χ3v) is 3.66. The van der Waals surface area contributed by atoms with Crippen LogP contribution in [0.2, 0.25) is 0 Å². The highest BCUT2D eigenvalue weighted by molar-refractivity contribution is 5.09. The van der Waals surface area contributed by atoms with Crippen molar-refractivity contribution >= 4 is 0 Å². The van der Waals surface area contributed by atoms with Gasteiger partial charge in [-0.05, 0) is 42.9 Å². The van der Waals surface area contributed by atoms with E-state index < -0.39 is 0 Å². The predicted molar refractivity (Wildman–Crippen MR) is 33.8 cm³/mol. The normalized spacial score (nSPS) is 68.3. The summed E-state index contributed by atoms with van der Waals surface area (Å²) < 4.78 is 0. The van der Waals surface area contributed by atoms with Gasteiger partial charge in [-0.25, -0.2) is 0 Å². The number of hydrogen-bond donors (Lipinski definition) is 1. The minimum atomic E-state index is 0.0961. The van der Waals surface area contributed by atoms with Gasteiger partial charge in [0.15, 0.2) is 0 Å². The van der Waals surface area contributed by atoms with Gasteiger partial charge in [0.2, 0.25) is 0 Å². The van der Waals surface area contributed by atoms with E-state index in [1.165, 1.54) is 12.8 Å². The Morgan fingerprint density at radius 1 is 0.889 bits per heavy atom. The van der Waals surface area contributed by atoms with Crippen LogP contribution in [0.5, 0.6) is 0 Å². The largest absolute Gasteiger partial charge is 0.393 e. The molecule has 0 aromatic rings. The molecule has 0 aliphatic heterocycles. The third-order valence-electron chi connectivity index (χ3n) is 3.66. The van der Waals surface area contributed by atoms with Crippen LogP contribution in [-0.2, 0) is 0 Å². The summed E-state index contributed by atoms with van der Waals surface area (Å²) in [6.45, 7) is 0. The van der Waals surface area contributed by atoms with Gasteiger partial charge in [-0.1, -0.05) is 0 Å². The van der Waals surface area contributed by atoms with Gasteiger partial charge in [-0.15, -0.1) is 0 Å². The fourth-order valence-electron chi connectivity index (χ4n) is 3.17. The lowest BCUT2D eigenvalue weighted by molar-refractivity contribution is 0.107. The van der Waals surface area contributed by atoms with E-state index >= 15 is 0 Å². The highest BCUT2D eigenvalue weighted by Gasteiger charge is 2.60. The minimum Gasteiger partial charge on any atom is -0.393 e. The van der Waals surface area contributed by atoms with Gasteiger partial charge in [0.25, 0.3) is 0 Å². The van der Waals surface area contributed by atoms with Crippen molar-refractivity contribution in [2.75, 3.05) is 0 Å². The quantitative estimate of drug-likeness (QED) is 0.511. The summed E-state index contributed by atoms with van der Waals surface area (Å²) in [5, 5.41) is 9.42. The van der Waals surface area contributed by atoms with Crippen LogP contribution in [0.15, 0.2) is 0 Å². The molecule has 1 N–H and O–H groups in total. The zero-order chi connectivity index (χ0) is 6.01. The standard InChI is InChI=1S/C8H12O/c9-8-2-4-1-7(8)6-3-5(4)6/h4-9H,1-3H2/t4-,5-,6-,7-,8-/m1/s1. The Morgan fingerprint density at radius 2 is 1.78 bits per heavy atom. The van der Waals surface area contributed by atoms with Crippen LogP contribution in [0.1, 0.15) is 19.3 Å². The van der Waals surface area contributed by atoms with E-state index in [1.54, 1.807) is 0 Å². The Labute approximate surface area is 55.1 Å². The number of rotatable bonds is 0. The van der Waals surface area contributed by atoms with Crippen LogP contribution in [-0.4, -0.2) is 11.2 Å². The number of aliphatic hydroxyl groups is 1. The molecule has 0 heterocycles. The second-order valence-electron chi connectivity index (χ2n) is 4.03. The fourth-order valence-corrected chi connectivity index (χ4v) is 3.17. The van der Waals surface area contributed by atoms with Gasteiger partial charge in [0, 0.05) is 0 Å². The topological polar surface area (TPSA) is 20.2 Å². The maximum atomic E-state index is 9.42. The van der Waals surface area contributed by atoms with Crippen molar-refractivity contribution in [2.45, 2.75) is 25.4 Å². The molecule has 50 valence electrons. The van der Waals surface area contributed by atoms with Gasteiger partial charge in [0.1, 0.15) is 0 Å². The molecular weight excluding hydrogens is 112 g/mol. The van der Waals surface area contributed by atoms with Crippen molar-refractivity contribution in [2.24, 2.45) is 23.7 Å².